The number of ether oxygens (including phenoxy) is 1. The molecule has 114 valence electrons. The Balaban J connectivity index is 1.66. The van der Waals surface area contributed by atoms with Gasteiger partial charge >= 0.3 is 0 Å². The Bertz CT molecular complexity index is 953. The third-order valence-electron chi connectivity index (χ3n) is 4.63. The molecule has 0 fully saturated rings. The van der Waals surface area contributed by atoms with Gasteiger partial charge in [0.15, 0.2) is 0 Å². The topological polar surface area (TPSA) is 56.8 Å². The smallest absolute Gasteiger partial charge is 0.111 e. The Kier molecular flexibility index (Phi) is 3.13. The average molecular weight is 310 g/mol. The summed E-state index contributed by atoms with van der Waals surface area (Å²) in [7, 11) is 0. The summed E-state index contributed by atoms with van der Waals surface area (Å²) in [6, 6.07) is 19.5. The van der Waals surface area contributed by atoms with E-state index in [0.29, 0.717) is 11.1 Å². The van der Waals surface area contributed by atoms with E-state index in [1.807, 2.05) is 48.5 Å². The Morgan fingerprint density at radius 3 is 1.88 bits per heavy atom. The maximum atomic E-state index is 8.93. The number of hydrogen-bond acceptors (Lipinski definition) is 3. The minimum atomic E-state index is -0.456. The van der Waals surface area contributed by atoms with E-state index < -0.39 is 5.60 Å². The van der Waals surface area contributed by atoms with Crippen LogP contribution < -0.4 is 0 Å². The van der Waals surface area contributed by atoms with Crippen molar-refractivity contribution in [1.82, 2.24) is 0 Å². The molecule has 4 rings (SSSR count). The SMILES string of the molecule is C[C@]12C=C(c3ccc(C#N)cc3)[C@H](C=C1c1ccc(C#N)cc1)O2. The van der Waals surface area contributed by atoms with Crippen LogP contribution in [-0.4, -0.2) is 11.7 Å². The lowest BCUT2D eigenvalue weighted by Crippen LogP contribution is -2.20. The van der Waals surface area contributed by atoms with Gasteiger partial charge in [0.25, 0.3) is 0 Å². The van der Waals surface area contributed by atoms with Crippen molar-refractivity contribution in [2.75, 3.05) is 0 Å². The maximum absolute atomic E-state index is 8.93. The first-order valence-electron chi connectivity index (χ1n) is 7.77. The number of benzene rings is 2. The summed E-state index contributed by atoms with van der Waals surface area (Å²) in [4.78, 5) is 0. The molecule has 0 saturated heterocycles. The Morgan fingerprint density at radius 2 is 1.42 bits per heavy atom. The standard InChI is InChI=1S/C21H14N2O/c1-21-11-18(16-6-2-14(12-22)3-7-16)20(24-21)10-19(21)17-8-4-15(13-23)5-9-17/h2-11,20H,1H3/t20-,21-/m0/s1. The van der Waals surface area contributed by atoms with Crippen molar-refractivity contribution in [2.45, 2.75) is 18.6 Å². The van der Waals surface area contributed by atoms with Gasteiger partial charge in [0.05, 0.1) is 23.3 Å². The summed E-state index contributed by atoms with van der Waals surface area (Å²) in [6.07, 6.45) is 4.23. The summed E-state index contributed by atoms with van der Waals surface area (Å²) < 4.78 is 6.19. The second-order valence-corrected chi connectivity index (χ2v) is 6.20. The zero-order chi connectivity index (χ0) is 16.7. The first kappa shape index (κ1) is 14.5. The molecule has 2 atom stereocenters. The molecular formula is C21H14N2O. The van der Waals surface area contributed by atoms with Gasteiger partial charge in [-0.05, 0) is 65.6 Å². The average Bonchev–Trinajstić information content (AvgIpc) is 3.15. The summed E-state index contributed by atoms with van der Waals surface area (Å²) >= 11 is 0. The number of nitrogens with zero attached hydrogens (tertiary/aromatic N) is 2. The molecule has 3 nitrogen and oxygen atoms in total. The van der Waals surface area contributed by atoms with Gasteiger partial charge in [0.2, 0.25) is 0 Å². The molecule has 0 spiro atoms. The molecule has 2 aliphatic heterocycles. The van der Waals surface area contributed by atoms with Crippen LogP contribution in [-0.2, 0) is 4.74 Å². The second kappa shape index (κ2) is 5.20. The van der Waals surface area contributed by atoms with E-state index in [2.05, 4.69) is 31.2 Å². The lowest BCUT2D eigenvalue weighted by Gasteiger charge is -2.21. The Morgan fingerprint density at radius 1 is 0.875 bits per heavy atom. The Labute approximate surface area is 140 Å². The predicted molar refractivity (Wildman–Crippen MR) is 91.5 cm³/mol. The highest BCUT2D eigenvalue weighted by Gasteiger charge is 2.44. The van der Waals surface area contributed by atoms with Crippen LogP contribution >= 0.6 is 0 Å². The van der Waals surface area contributed by atoms with Crippen molar-refractivity contribution in [2.24, 2.45) is 0 Å². The maximum Gasteiger partial charge on any atom is 0.111 e. The third-order valence-corrected chi connectivity index (χ3v) is 4.63. The van der Waals surface area contributed by atoms with Gasteiger partial charge in [0, 0.05) is 0 Å². The van der Waals surface area contributed by atoms with E-state index in [0.717, 1.165) is 22.3 Å². The number of rotatable bonds is 2. The fourth-order valence-corrected chi connectivity index (χ4v) is 3.41. The third kappa shape index (κ3) is 2.15. The molecule has 0 aliphatic carbocycles. The predicted octanol–water partition coefficient (Wildman–Crippen LogP) is 4.07. The minimum absolute atomic E-state index is 0.0754. The highest BCUT2D eigenvalue weighted by molar-refractivity contribution is 5.89. The van der Waals surface area contributed by atoms with Gasteiger partial charge in [-0.1, -0.05) is 24.3 Å². The van der Waals surface area contributed by atoms with E-state index in [-0.39, 0.29) is 6.10 Å². The highest BCUT2D eigenvalue weighted by atomic mass is 16.5. The van der Waals surface area contributed by atoms with Crippen LogP contribution in [0.25, 0.3) is 11.1 Å². The van der Waals surface area contributed by atoms with Gasteiger partial charge in [-0.3, -0.25) is 0 Å². The molecule has 0 N–H and O–H groups in total. The molecule has 0 radical (unpaired) electrons. The second-order valence-electron chi connectivity index (χ2n) is 6.20. The van der Waals surface area contributed by atoms with Gasteiger partial charge in [-0.25, -0.2) is 0 Å². The lowest BCUT2D eigenvalue weighted by atomic mass is 9.83. The van der Waals surface area contributed by atoms with Crippen molar-refractivity contribution in [1.29, 1.82) is 10.5 Å². The largest absolute Gasteiger partial charge is 0.354 e. The summed E-state index contributed by atoms with van der Waals surface area (Å²) in [5.41, 5.74) is 5.29. The molecule has 2 aromatic rings. The van der Waals surface area contributed by atoms with Crippen molar-refractivity contribution < 1.29 is 4.74 Å². The van der Waals surface area contributed by atoms with Gasteiger partial charge in [-0.15, -0.1) is 0 Å². The first-order valence-corrected chi connectivity index (χ1v) is 7.77. The molecule has 2 aliphatic rings. The molecule has 0 saturated carbocycles. The van der Waals surface area contributed by atoms with E-state index in [9.17, 15) is 0 Å². The van der Waals surface area contributed by atoms with Crippen LogP contribution in [0.3, 0.4) is 0 Å². The van der Waals surface area contributed by atoms with Crippen LogP contribution in [0.1, 0.15) is 29.2 Å². The van der Waals surface area contributed by atoms with E-state index >= 15 is 0 Å². The Hall–Kier alpha value is -3.14. The lowest BCUT2D eigenvalue weighted by molar-refractivity contribution is 0.0718. The van der Waals surface area contributed by atoms with E-state index in [1.54, 1.807) is 0 Å². The molecule has 0 amide bonds. The van der Waals surface area contributed by atoms with Crippen molar-refractivity contribution in [3.63, 3.8) is 0 Å². The molecule has 2 bridgehead atoms. The van der Waals surface area contributed by atoms with Crippen LogP contribution in [0.2, 0.25) is 0 Å². The molecule has 2 heterocycles. The minimum Gasteiger partial charge on any atom is -0.354 e. The van der Waals surface area contributed by atoms with Gasteiger partial charge < -0.3 is 4.74 Å². The number of fused-ring (bicyclic) bond motifs is 2. The zero-order valence-corrected chi connectivity index (χ0v) is 13.2. The number of hydrogen-bond donors (Lipinski definition) is 0. The van der Waals surface area contributed by atoms with Crippen molar-refractivity contribution >= 4 is 11.1 Å². The number of nitriles is 2. The van der Waals surface area contributed by atoms with Crippen LogP contribution in [0.4, 0.5) is 0 Å². The molecule has 0 unspecified atom stereocenters. The van der Waals surface area contributed by atoms with E-state index in [1.165, 1.54) is 0 Å². The quantitative estimate of drug-likeness (QED) is 0.840. The highest BCUT2D eigenvalue weighted by Crippen LogP contribution is 2.49. The molecule has 0 aromatic heterocycles. The normalized spacial score (nSPS) is 24.0. The van der Waals surface area contributed by atoms with Gasteiger partial charge in [-0.2, -0.15) is 10.5 Å². The summed E-state index contributed by atoms with van der Waals surface area (Å²) in [6.45, 7) is 2.06. The zero-order valence-electron chi connectivity index (χ0n) is 13.2. The van der Waals surface area contributed by atoms with Gasteiger partial charge in [0.1, 0.15) is 11.7 Å². The molecular weight excluding hydrogens is 296 g/mol. The fraction of sp³-hybridized carbons (Fsp3) is 0.143. The molecule has 24 heavy (non-hydrogen) atoms. The van der Waals surface area contributed by atoms with Crippen molar-refractivity contribution in [3.8, 4) is 12.1 Å². The summed E-state index contributed by atoms with van der Waals surface area (Å²) in [5.74, 6) is 0. The fourth-order valence-electron chi connectivity index (χ4n) is 3.41. The van der Waals surface area contributed by atoms with Crippen LogP contribution in [0.15, 0.2) is 60.7 Å². The first-order chi connectivity index (χ1) is 11.6. The van der Waals surface area contributed by atoms with E-state index in [4.69, 9.17) is 15.3 Å². The van der Waals surface area contributed by atoms with Crippen molar-refractivity contribution in [3.05, 3.63) is 82.9 Å². The molecule has 2 aromatic carbocycles. The monoisotopic (exact) mass is 310 g/mol. The van der Waals surface area contributed by atoms with Crippen LogP contribution in [0.5, 0.6) is 0 Å². The summed E-state index contributed by atoms with van der Waals surface area (Å²) in [5, 5.41) is 17.8. The molecule has 3 heteroatoms. The van der Waals surface area contributed by atoms with Crippen LogP contribution in [0, 0.1) is 22.7 Å².